The lowest BCUT2D eigenvalue weighted by atomic mass is 9.42. The largest absolute Gasteiger partial charge is 0.218 e. The fraction of sp³-hybridized carbons (Fsp3) is 0.189. The van der Waals surface area contributed by atoms with E-state index in [9.17, 15) is 8.42 Å². The average molecular weight is 784 g/mol. The zero-order valence-electron chi connectivity index (χ0n) is 32.5. The van der Waals surface area contributed by atoms with E-state index in [0.717, 1.165) is 72.7 Å². The molecule has 2 heterocycles. The molecule has 7 aromatic carbocycles. The molecule has 0 saturated heterocycles. The molecule has 0 atom stereocenters. The highest BCUT2D eigenvalue weighted by Gasteiger charge is 2.62. The van der Waals surface area contributed by atoms with Crippen molar-refractivity contribution in [3.8, 4) is 56.4 Å². The number of aromatic nitrogens is 3. The van der Waals surface area contributed by atoms with Crippen LogP contribution >= 0.6 is 0 Å². The van der Waals surface area contributed by atoms with Crippen molar-refractivity contribution in [3.05, 3.63) is 175 Å². The number of nitrogens with zero attached hydrogens (tertiary/aromatic N) is 3. The Kier molecular flexibility index (Phi) is 7.74. The molecule has 1 aromatic heterocycles. The van der Waals surface area contributed by atoms with E-state index in [1.807, 2.05) is 84.9 Å². The van der Waals surface area contributed by atoms with E-state index >= 15 is 0 Å². The SMILES string of the molecule is O=S1(=O)c2ccccc2C2(c3ccc(-c4ccc(-c5nc(-c6ccccc6)nc(-c6ccccc6-c6ccccc6)n5)c5ccccc45)cc31)C1CC3CC(C1)CC2C3. The first-order valence-corrected chi connectivity index (χ1v) is 22.4. The monoisotopic (exact) mass is 783 g/mol. The molecule has 4 bridgehead atoms. The van der Waals surface area contributed by atoms with Crippen LogP contribution in [0.4, 0.5) is 0 Å². The summed E-state index contributed by atoms with van der Waals surface area (Å²) < 4.78 is 29.6. The van der Waals surface area contributed by atoms with Gasteiger partial charge in [0, 0.05) is 22.1 Å². The van der Waals surface area contributed by atoms with Crippen LogP contribution < -0.4 is 0 Å². The lowest BCUT2D eigenvalue weighted by Crippen LogP contribution is -2.57. The number of rotatable bonds is 5. The molecule has 5 nitrogen and oxygen atoms in total. The summed E-state index contributed by atoms with van der Waals surface area (Å²) in [5.41, 5.74) is 8.53. The molecule has 4 aliphatic carbocycles. The van der Waals surface area contributed by atoms with E-state index in [1.165, 1.54) is 32.1 Å². The topological polar surface area (TPSA) is 72.8 Å². The minimum absolute atomic E-state index is 0.263. The van der Waals surface area contributed by atoms with Crippen LogP contribution in [0.15, 0.2) is 174 Å². The second-order valence-electron chi connectivity index (χ2n) is 17.2. The maximum atomic E-state index is 14.8. The van der Waals surface area contributed by atoms with Crippen LogP contribution in [0, 0.1) is 23.7 Å². The number of hydrogen-bond acceptors (Lipinski definition) is 5. The molecule has 59 heavy (non-hydrogen) atoms. The second-order valence-corrected chi connectivity index (χ2v) is 19.1. The highest BCUT2D eigenvalue weighted by Crippen LogP contribution is 2.68. The van der Waals surface area contributed by atoms with E-state index in [4.69, 9.17) is 15.0 Å². The van der Waals surface area contributed by atoms with Gasteiger partial charge in [0.05, 0.1) is 9.79 Å². The Morgan fingerprint density at radius 3 is 1.64 bits per heavy atom. The number of hydrogen-bond donors (Lipinski definition) is 0. The molecular weight excluding hydrogens is 743 g/mol. The molecule has 4 saturated carbocycles. The predicted octanol–water partition coefficient (Wildman–Crippen LogP) is 12.2. The molecule has 286 valence electrons. The second kappa shape index (κ2) is 13.1. The van der Waals surface area contributed by atoms with Gasteiger partial charge in [-0.05, 0) is 118 Å². The minimum Gasteiger partial charge on any atom is -0.218 e. The van der Waals surface area contributed by atoms with Gasteiger partial charge >= 0.3 is 0 Å². The Labute approximate surface area is 344 Å². The summed E-state index contributed by atoms with van der Waals surface area (Å²) in [6.45, 7) is 0. The number of benzene rings is 7. The molecule has 1 spiro atoms. The average Bonchev–Trinajstić information content (AvgIpc) is 3.29. The van der Waals surface area contributed by atoms with Crippen molar-refractivity contribution in [2.45, 2.75) is 47.3 Å². The van der Waals surface area contributed by atoms with Crippen molar-refractivity contribution in [1.29, 1.82) is 0 Å². The first kappa shape index (κ1) is 34.8. The van der Waals surface area contributed by atoms with E-state index in [-0.39, 0.29) is 5.41 Å². The first-order valence-electron chi connectivity index (χ1n) is 20.9. The normalized spacial score (nSPS) is 23.3. The zero-order valence-corrected chi connectivity index (χ0v) is 33.3. The summed E-state index contributed by atoms with van der Waals surface area (Å²) in [6.07, 6.45) is 6.11. The Balaban J connectivity index is 1.03. The molecule has 6 heteroatoms. The van der Waals surface area contributed by atoms with Crippen molar-refractivity contribution in [1.82, 2.24) is 15.0 Å². The quantitative estimate of drug-likeness (QED) is 0.174. The van der Waals surface area contributed by atoms with Crippen molar-refractivity contribution in [3.63, 3.8) is 0 Å². The predicted molar refractivity (Wildman–Crippen MR) is 234 cm³/mol. The van der Waals surface area contributed by atoms with E-state index in [0.29, 0.717) is 39.1 Å². The maximum Gasteiger partial charge on any atom is 0.207 e. The van der Waals surface area contributed by atoms with Crippen LogP contribution in [0.2, 0.25) is 0 Å². The van der Waals surface area contributed by atoms with Crippen LogP contribution in [0.1, 0.15) is 43.2 Å². The molecule has 0 unspecified atom stereocenters. The van der Waals surface area contributed by atoms with Gasteiger partial charge in [0.2, 0.25) is 9.84 Å². The fourth-order valence-corrected chi connectivity index (χ4v) is 13.8. The van der Waals surface area contributed by atoms with Crippen LogP contribution in [0.5, 0.6) is 0 Å². The number of sulfone groups is 1. The van der Waals surface area contributed by atoms with Gasteiger partial charge in [-0.15, -0.1) is 0 Å². The summed E-state index contributed by atoms with van der Waals surface area (Å²) in [7, 11) is -3.76. The van der Waals surface area contributed by atoms with Gasteiger partial charge < -0.3 is 0 Å². The maximum absolute atomic E-state index is 14.8. The lowest BCUT2D eigenvalue weighted by Gasteiger charge is -2.63. The van der Waals surface area contributed by atoms with E-state index in [2.05, 4.69) is 78.9 Å². The fourth-order valence-electron chi connectivity index (χ4n) is 12.0. The summed E-state index contributed by atoms with van der Waals surface area (Å²) >= 11 is 0. The van der Waals surface area contributed by atoms with Crippen molar-refractivity contribution in [2.75, 3.05) is 0 Å². The number of fused-ring (bicyclic) bond motifs is 3. The van der Waals surface area contributed by atoms with Gasteiger partial charge in [-0.25, -0.2) is 23.4 Å². The van der Waals surface area contributed by atoms with E-state index in [1.54, 1.807) is 0 Å². The smallest absolute Gasteiger partial charge is 0.207 e. The molecule has 4 fully saturated rings. The van der Waals surface area contributed by atoms with Crippen LogP contribution in [-0.4, -0.2) is 23.4 Å². The van der Waals surface area contributed by atoms with Gasteiger partial charge in [-0.3, -0.25) is 0 Å². The molecule has 1 aliphatic heterocycles. The molecule has 0 radical (unpaired) electrons. The van der Waals surface area contributed by atoms with Gasteiger partial charge in [-0.2, -0.15) is 0 Å². The summed E-state index contributed by atoms with van der Waals surface area (Å²) in [5, 5.41) is 2.00. The molecular formula is C53H41N3O2S. The lowest BCUT2D eigenvalue weighted by molar-refractivity contribution is -0.0446. The molecule has 0 N–H and O–H groups in total. The zero-order chi connectivity index (χ0) is 39.3. The third-order valence-corrected chi connectivity index (χ3v) is 16.0. The summed E-state index contributed by atoms with van der Waals surface area (Å²) in [6, 6.07) is 55.5. The van der Waals surface area contributed by atoms with Crippen molar-refractivity contribution < 1.29 is 8.42 Å². The van der Waals surface area contributed by atoms with Gasteiger partial charge in [0.1, 0.15) is 0 Å². The molecule has 13 rings (SSSR count). The van der Waals surface area contributed by atoms with Crippen molar-refractivity contribution >= 4 is 20.6 Å². The summed E-state index contributed by atoms with van der Waals surface area (Å²) in [5.74, 6) is 4.24. The Morgan fingerprint density at radius 1 is 0.407 bits per heavy atom. The van der Waals surface area contributed by atoms with E-state index < -0.39 is 9.84 Å². The van der Waals surface area contributed by atoms with Crippen LogP contribution in [-0.2, 0) is 15.3 Å². The Hall–Kier alpha value is -6.24. The highest BCUT2D eigenvalue weighted by molar-refractivity contribution is 7.91. The van der Waals surface area contributed by atoms with Gasteiger partial charge in [0.15, 0.2) is 17.5 Å². The van der Waals surface area contributed by atoms with Crippen LogP contribution in [0.25, 0.3) is 67.2 Å². The Morgan fingerprint density at radius 2 is 0.932 bits per heavy atom. The standard InChI is InChI=1S/C53H41N3O2S/c57-59(58)48-22-12-11-21-46(48)53(38-28-33-27-34(30-38)31-39(53)29-33)47-26-23-37(32-49(47)59)41-24-25-45(43-19-9-8-18-42(41)43)52-55-50(36-15-5-2-6-16-36)54-51(56-52)44-20-10-7-17-40(44)35-13-3-1-4-14-35/h1-26,32-34,38-39H,27-31H2. The first-order chi connectivity index (χ1) is 29.0. The highest BCUT2D eigenvalue weighted by atomic mass is 32.2. The van der Waals surface area contributed by atoms with Gasteiger partial charge in [-0.1, -0.05) is 146 Å². The minimum atomic E-state index is -3.76. The Bertz CT molecular complexity index is 3060. The molecule has 0 amide bonds. The van der Waals surface area contributed by atoms with Crippen molar-refractivity contribution in [2.24, 2.45) is 23.7 Å². The summed E-state index contributed by atoms with van der Waals surface area (Å²) in [4.78, 5) is 16.4. The van der Waals surface area contributed by atoms with Gasteiger partial charge in [0.25, 0.3) is 0 Å². The van der Waals surface area contributed by atoms with Crippen LogP contribution in [0.3, 0.4) is 0 Å². The third kappa shape index (κ3) is 5.22. The molecule has 5 aliphatic rings. The molecule has 8 aromatic rings. The third-order valence-electron chi connectivity index (χ3n) is 14.2.